The van der Waals surface area contributed by atoms with Gasteiger partial charge in [-0.15, -0.1) is 0 Å². The molecule has 52 heavy (non-hydrogen) atoms. The Morgan fingerprint density at radius 3 is 1.69 bits per heavy atom. The Kier molecular flexibility index (Phi) is 26.5. The van der Waals surface area contributed by atoms with Crippen molar-refractivity contribution in [3.05, 3.63) is 36.4 Å². The summed E-state index contributed by atoms with van der Waals surface area (Å²) in [4.78, 5) is 46.1. The van der Waals surface area contributed by atoms with Crippen LogP contribution in [0.4, 0.5) is 0 Å². The van der Waals surface area contributed by atoms with Gasteiger partial charge in [-0.2, -0.15) is 0 Å². The van der Waals surface area contributed by atoms with Crippen LogP contribution in [0.1, 0.15) is 90.5 Å². The summed E-state index contributed by atoms with van der Waals surface area (Å²) < 4.78 is 32.3. The minimum Gasteiger partial charge on any atom is -0.494 e. The molecule has 0 atom stereocenters. The second-order valence-corrected chi connectivity index (χ2v) is 13.1. The number of hydrogen-bond donors (Lipinski definition) is 4. The minimum atomic E-state index is -1.04. The number of ether oxygens (including phenoxy) is 6. The van der Waals surface area contributed by atoms with Crippen molar-refractivity contribution in [2.45, 2.75) is 90.6 Å². The van der Waals surface area contributed by atoms with Crippen LogP contribution in [-0.4, -0.2) is 113 Å². The van der Waals surface area contributed by atoms with E-state index in [1.807, 2.05) is 45.0 Å². The molecule has 3 amide bonds. The molecule has 0 bridgehead atoms. The SMILES string of the molecule is C=C(OC(C)(C)C)c1ccc(OCCCCCCCCCC(=O)NCCCC(=O)NCCOCCOCC(=O)NCCOCCOCC(=O)O)cc1. The molecule has 0 saturated carbocycles. The Hall–Kier alpha value is -3.72. The number of carbonyl (C=O) groups is 4. The lowest BCUT2D eigenvalue weighted by molar-refractivity contribution is -0.142. The zero-order valence-corrected chi connectivity index (χ0v) is 31.6. The van der Waals surface area contributed by atoms with Gasteiger partial charge in [0.15, 0.2) is 0 Å². The van der Waals surface area contributed by atoms with E-state index in [0.717, 1.165) is 56.3 Å². The van der Waals surface area contributed by atoms with Crippen molar-refractivity contribution in [2.75, 3.05) is 79.1 Å². The number of aliphatic carboxylic acids is 1. The molecule has 4 N–H and O–H groups in total. The molecule has 0 fully saturated rings. The summed E-state index contributed by atoms with van der Waals surface area (Å²) in [7, 11) is 0. The molecule has 1 aromatic carbocycles. The highest BCUT2D eigenvalue weighted by Crippen LogP contribution is 2.23. The lowest BCUT2D eigenvalue weighted by atomic mass is 10.1. The largest absolute Gasteiger partial charge is 0.494 e. The molecule has 296 valence electrons. The zero-order chi connectivity index (χ0) is 38.3. The summed E-state index contributed by atoms with van der Waals surface area (Å²) in [6.07, 6.45) is 8.82. The number of amides is 3. The third-order valence-electron chi connectivity index (χ3n) is 7.17. The summed E-state index contributed by atoms with van der Waals surface area (Å²) >= 11 is 0. The van der Waals surface area contributed by atoms with Crippen LogP contribution in [0.15, 0.2) is 30.8 Å². The molecule has 0 aromatic heterocycles. The van der Waals surface area contributed by atoms with Crippen LogP contribution in [0.5, 0.6) is 5.75 Å². The third-order valence-corrected chi connectivity index (χ3v) is 7.17. The molecule has 0 aliphatic carbocycles. The minimum absolute atomic E-state index is 0.0241. The van der Waals surface area contributed by atoms with Gasteiger partial charge in [0.25, 0.3) is 0 Å². The highest BCUT2D eigenvalue weighted by Gasteiger charge is 2.13. The second-order valence-electron chi connectivity index (χ2n) is 13.1. The number of carboxylic acid groups (broad SMARTS) is 1. The van der Waals surface area contributed by atoms with Gasteiger partial charge in [-0.3, -0.25) is 14.4 Å². The van der Waals surface area contributed by atoms with E-state index >= 15 is 0 Å². The molecular weight excluding hydrogens is 674 g/mol. The maximum Gasteiger partial charge on any atom is 0.329 e. The molecular formula is C38H63N3O11. The summed E-state index contributed by atoms with van der Waals surface area (Å²) in [5.41, 5.74) is 0.672. The second kappa shape index (κ2) is 29.8. The Morgan fingerprint density at radius 1 is 0.596 bits per heavy atom. The van der Waals surface area contributed by atoms with Crippen LogP contribution in [-0.2, 0) is 42.9 Å². The molecule has 14 nitrogen and oxygen atoms in total. The van der Waals surface area contributed by atoms with Gasteiger partial charge in [0.1, 0.15) is 30.3 Å². The van der Waals surface area contributed by atoms with E-state index in [4.69, 9.17) is 33.5 Å². The van der Waals surface area contributed by atoms with Gasteiger partial charge in [0.2, 0.25) is 17.7 Å². The molecule has 0 unspecified atom stereocenters. The summed E-state index contributed by atoms with van der Waals surface area (Å²) in [6.45, 7) is 12.9. The van der Waals surface area contributed by atoms with Gasteiger partial charge in [-0.05, 0) is 64.3 Å². The Balaban J connectivity index is 1.85. The van der Waals surface area contributed by atoms with Crippen molar-refractivity contribution in [1.82, 2.24) is 16.0 Å². The quantitative estimate of drug-likeness (QED) is 0.0599. The van der Waals surface area contributed by atoms with Crippen LogP contribution >= 0.6 is 0 Å². The first-order valence-electron chi connectivity index (χ1n) is 18.4. The van der Waals surface area contributed by atoms with E-state index in [1.54, 1.807) is 0 Å². The van der Waals surface area contributed by atoms with Crippen molar-refractivity contribution in [1.29, 1.82) is 0 Å². The van der Waals surface area contributed by atoms with E-state index in [-0.39, 0.29) is 69.6 Å². The molecule has 0 aliphatic heterocycles. The van der Waals surface area contributed by atoms with E-state index in [2.05, 4.69) is 22.5 Å². The summed E-state index contributed by atoms with van der Waals surface area (Å²) in [6, 6.07) is 7.83. The lowest BCUT2D eigenvalue weighted by Crippen LogP contribution is -2.31. The zero-order valence-electron chi connectivity index (χ0n) is 31.6. The molecule has 1 rings (SSSR count). The number of benzene rings is 1. The number of carbonyl (C=O) groups excluding carboxylic acids is 3. The number of nitrogens with one attached hydrogen (secondary N) is 3. The van der Waals surface area contributed by atoms with Crippen molar-refractivity contribution < 1.29 is 52.7 Å². The van der Waals surface area contributed by atoms with Gasteiger partial charge in [-0.1, -0.05) is 38.7 Å². The summed E-state index contributed by atoms with van der Waals surface area (Å²) in [5.74, 6) is 0.0991. The Labute approximate surface area is 309 Å². The number of carboxylic acids is 1. The number of hydrogen-bond acceptors (Lipinski definition) is 10. The lowest BCUT2D eigenvalue weighted by Gasteiger charge is -2.23. The molecule has 0 radical (unpaired) electrons. The van der Waals surface area contributed by atoms with E-state index in [0.29, 0.717) is 57.9 Å². The molecule has 0 aliphatic rings. The Bertz CT molecular complexity index is 1140. The first-order valence-corrected chi connectivity index (χ1v) is 18.4. The maximum atomic E-state index is 12.1. The van der Waals surface area contributed by atoms with Crippen LogP contribution in [0, 0.1) is 0 Å². The predicted octanol–water partition coefficient (Wildman–Crippen LogP) is 4.25. The standard InChI is InChI=1S/C38H63N3O11/c1-31(52-38(2,3)4)32-15-17-33(18-16-32)51-22-11-9-7-5-6-8-10-13-34(42)39-19-12-14-35(43)40-20-23-47-25-27-49-29-36(44)41-21-24-48-26-28-50-30-37(45)46/h15-18H,1,5-14,19-30H2,2-4H3,(H,39,42)(H,40,43)(H,41,44)(H,45,46). The molecule has 1 aromatic rings. The molecule has 14 heteroatoms. The molecule has 0 heterocycles. The highest BCUT2D eigenvalue weighted by atomic mass is 16.5. The number of unbranched alkanes of at least 4 members (excludes halogenated alkanes) is 6. The van der Waals surface area contributed by atoms with Gasteiger partial charge in [0.05, 0.1) is 46.2 Å². The van der Waals surface area contributed by atoms with Gasteiger partial charge >= 0.3 is 5.97 Å². The van der Waals surface area contributed by atoms with Gasteiger partial charge in [-0.25, -0.2) is 4.79 Å². The normalized spacial score (nSPS) is 11.1. The fraction of sp³-hybridized carbons (Fsp3) is 0.684. The first-order chi connectivity index (χ1) is 25.0. The Morgan fingerprint density at radius 2 is 1.10 bits per heavy atom. The van der Waals surface area contributed by atoms with Crippen LogP contribution < -0.4 is 20.7 Å². The van der Waals surface area contributed by atoms with Crippen molar-refractivity contribution in [3.63, 3.8) is 0 Å². The van der Waals surface area contributed by atoms with Crippen molar-refractivity contribution in [2.24, 2.45) is 0 Å². The third kappa shape index (κ3) is 28.9. The summed E-state index contributed by atoms with van der Waals surface area (Å²) in [5, 5.41) is 16.7. The highest BCUT2D eigenvalue weighted by molar-refractivity contribution is 5.77. The fourth-order valence-electron chi connectivity index (χ4n) is 4.62. The monoisotopic (exact) mass is 737 g/mol. The fourth-order valence-corrected chi connectivity index (χ4v) is 4.62. The van der Waals surface area contributed by atoms with E-state index in [9.17, 15) is 19.2 Å². The first kappa shape index (κ1) is 46.3. The topological polar surface area (TPSA) is 180 Å². The van der Waals surface area contributed by atoms with Crippen molar-refractivity contribution in [3.8, 4) is 5.75 Å². The number of rotatable bonds is 33. The van der Waals surface area contributed by atoms with E-state index < -0.39 is 5.97 Å². The van der Waals surface area contributed by atoms with Crippen LogP contribution in [0.2, 0.25) is 0 Å². The van der Waals surface area contributed by atoms with Gasteiger partial charge in [0, 0.05) is 38.0 Å². The molecule has 0 spiro atoms. The predicted molar refractivity (Wildman–Crippen MR) is 198 cm³/mol. The van der Waals surface area contributed by atoms with Crippen LogP contribution in [0.3, 0.4) is 0 Å². The van der Waals surface area contributed by atoms with E-state index in [1.165, 1.54) is 0 Å². The average molecular weight is 738 g/mol. The van der Waals surface area contributed by atoms with Crippen molar-refractivity contribution >= 4 is 29.5 Å². The van der Waals surface area contributed by atoms with Crippen LogP contribution in [0.25, 0.3) is 5.76 Å². The van der Waals surface area contributed by atoms with Gasteiger partial charge < -0.3 is 49.5 Å². The maximum absolute atomic E-state index is 12.1. The smallest absolute Gasteiger partial charge is 0.329 e. The average Bonchev–Trinajstić information content (AvgIpc) is 3.09. The molecule has 0 saturated heterocycles.